The standard InChI is InChI=1S/C10H9F2NO3/c1-16-7-2-6(3-13-4-7)9(8(14)15)5-10(9,11)12/h2-4H,5H2,1H3,(H,14,15). The zero-order valence-corrected chi connectivity index (χ0v) is 8.41. The number of halogens is 2. The number of alkyl halides is 2. The van der Waals surface area contributed by atoms with Crippen molar-refractivity contribution in [3.63, 3.8) is 0 Å². The zero-order chi connectivity index (χ0) is 12.0. The van der Waals surface area contributed by atoms with Crippen LogP contribution in [0.25, 0.3) is 0 Å². The van der Waals surface area contributed by atoms with E-state index < -0.39 is 23.7 Å². The number of aliphatic carboxylic acids is 1. The van der Waals surface area contributed by atoms with Crippen LogP contribution >= 0.6 is 0 Å². The van der Waals surface area contributed by atoms with Crippen LogP contribution in [0.3, 0.4) is 0 Å². The molecule has 1 fully saturated rings. The van der Waals surface area contributed by atoms with Crippen molar-refractivity contribution in [1.29, 1.82) is 0 Å². The number of carboxylic acid groups (broad SMARTS) is 1. The van der Waals surface area contributed by atoms with Gasteiger partial charge in [-0.1, -0.05) is 0 Å². The van der Waals surface area contributed by atoms with Crippen LogP contribution in [0.15, 0.2) is 18.5 Å². The van der Waals surface area contributed by atoms with Crippen LogP contribution in [-0.4, -0.2) is 29.1 Å². The van der Waals surface area contributed by atoms with Gasteiger partial charge in [0, 0.05) is 12.6 Å². The van der Waals surface area contributed by atoms with Gasteiger partial charge in [0.1, 0.15) is 5.75 Å². The maximum atomic E-state index is 13.2. The van der Waals surface area contributed by atoms with Crippen LogP contribution < -0.4 is 4.74 Å². The maximum absolute atomic E-state index is 13.2. The molecule has 1 N–H and O–H groups in total. The van der Waals surface area contributed by atoms with Crippen LogP contribution in [0.2, 0.25) is 0 Å². The third-order valence-corrected chi connectivity index (χ3v) is 2.79. The lowest BCUT2D eigenvalue weighted by Crippen LogP contribution is -2.27. The van der Waals surface area contributed by atoms with Gasteiger partial charge in [0.2, 0.25) is 0 Å². The number of hydrogen-bond acceptors (Lipinski definition) is 3. The van der Waals surface area contributed by atoms with Gasteiger partial charge in [0.15, 0.2) is 5.41 Å². The molecule has 86 valence electrons. The van der Waals surface area contributed by atoms with E-state index in [0.717, 1.165) is 6.20 Å². The van der Waals surface area contributed by atoms with Crippen LogP contribution in [0.5, 0.6) is 5.75 Å². The summed E-state index contributed by atoms with van der Waals surface area (Å²) < 4.78 is 31.2. The fourth-order valence-corrected chi connectivity index (χ4v) is 1.72. The quantitative estimate of drug-likeness (QED) is 0.852. The Labute approximate surface area is 89.9 Å². The normalized spacial score (nSPS) is 26.2. The van der Waals surface area contributed by atoms with Crippen LogP contribution in [0, 0.1) is 0 Å². The third-order valence-electron chi connectivity index (χ3n) is 2.79. The van der Waals surface area contributed by atoms with Crippen LogP contribution in [-0.2, 0) is 10.2 Å². The minimum atomic E-state index is -3.22. The summed E-state index contributed by atoms with van der Waals surface area (Å²) in [6.07, 6.45) is 1.78. The fourth-order valence-electron chi connectivity index (χ4n) is 1.72. The van der Waals surface area contributed by atoms with Gasteiger partial charge in [-0.05, 0) is 11.6 Å². The molecule has 6 heteroatoms. The number of aromatic nitrogens is 1. The summed E-state index contributed by atoms with van der Waals surface area (Å²) in [7, 11) is 1.36. The van der Waals surface area contributed by atoms with E-state index in [1.165, 1.54) is 19.4 Å². The Bertz CT molecular complexity index is 449. The number of carboxylic acids is 1. The summed E-state index contributed by atoms with van der Waals surface area (Å²) in [5.41, 5.74) is -2.15. The van der Waals surface area contributed by atoms with Gasteiger partial charge in [0.25, 0.3) is 5.92 Å². The Kier molecular flexibility index (Phi) is 2.11. The van der Waals surface area contributed by atoms with E-state index in [1.807, 2.05) is 0 Å². The maximum Gasteiger partial charge on any atom is 0.320 e. The molecule has 0 aliphatic heterocycles. The molecule has 0 saturated heterocycles. The minimum absolute atomic E-state index is 0.0237. The summed E-state index contributed by atoms with van der Waals surface area (Å²) in [6, 6.07) is 1.28. The van der Waals surface area contributed by atoms with Crippen molar-refractivity contribution >= 4 is 5.97 Å². The largest absolute Gasteiger partial charge is 0.495 e. The number of rotatable bonds is 3. The highest BCUT2D eigenvalue weighted by molar-refractivity contribution is 5.87. The summed E-state index contributed by atoms with van der Waals surface area (Å²) in [6.45, 7) is 0. The Morgan fingerprint density at radius 2 is 2.19 bits per heavy atom. The van der Waals surface area contributed by atoms with E-state index in [0.29, 0.717) is 0 Å². The first-order valence-electron chi connectivity index (χ1n) is 4.55. The average Bonchev–Trinajstić information content (AvgIpc) is 2.83. The van der Waals surface area contributed by atoms with Gasteiger partial charge in [-0.15, -0.1) is 0 Å². The molecule has 1 atom stereocenters. The topological polar surface area (TPSA) is 59.4 Å². The smallest absolute Gasteiger partial charge is 0.320 e. The van der Waals surface area contributed by atoms with Crippen molar-refractivity contribution in [1.82, 2.24) is 4.98 Å². The highest BCUT2D eigenvalue weighted by Gasteiger charge is 2.77. The fraction of sp³-hybridized carbons (Fsp3) is 0.400. The SMILES string of the molecule is COc1cncc(C2(C(=O)O)CC2(F)F)c1. The van der Waals surface area contributed by atoms with Crippen molar-refractivity contribution < 1.29 is 23.4 Å². The summed E-state index contributed by atoms with van der Waals surface area (Å²) in [5.74, 6) is -4.49. The van der Waals surface area contributed by atoms with E-state index in [4.69, 9.17) is 9.84 Å². The van der Waals surface area contributed by atoms with E-state index in [1.54, 1.807) is 0 Å². The Morgan fingerprint density at radius 3 is 2.62 bits per heavy atom. The van der Waals surface area contributed by atoms with Gasteiger partial charge in [-0.2, -0.15) is 0 Å². The summed E-state index contributed by atoms with van der Waals surface area (Å²) in [4.78, 5) is 14.6. The molecule has 1 unspecified atom stereocenters. The molecule has 0 amide bonds. The number of carbonyl (C=O) groups is 1. The summed E-state index contributed by atoms with van der Waals surface area (Å²) in [5, 5.41) is 8.91. The lowest BCUT2D eigenvalue weighted by atomic mass is 9.97. The molecule has 4 nitrogen and oxygen atoms in total. The van der Waals surface area contributed by atoms with E-state index >= 15 is 0 Å². The van der Waals surface area contributed by atoms with E-state index in [2.05, 4.69) is 4.98 Å². The number of methoxy groups -OCH3 is 1. The molecule has 0 bridgehead atoms. The number of pyridine rings is 1. The molecule has 1 heterocycles. The number of nitrogens with zero attached hydrogens (tertiary/aromatic N) is 1. The van der Waals surface area contributed by atoms with Gasteiger partial charge in [-0.25, -0.2) is 8.78 Å². The van der Waals surface area contributed by atoms with Gasteiger partial charge in [0.05, 0.1) is 13.3 Å². The first-order valence-corrected chi connectivity index (χ1v) is 4.55. The Hall–Kier alpha value is -1.72. The van der Waals surface area contributed by atoms with Crippen molar-refractivity contribution in [3.8, 4) is 5.75 Å². The molecule has 1 aliphatic rings. The summed E-state index contributed by atoms with van der Waals surface area (Å²) >= 11 is 0. The van der Waals surface area contributed by atoms with Gasteiger partial charge < -0.3 is 9.84 Å². The molecule has 1 aliphatic carbocycles. The molecular weight excluding hydrogens is 220 g/mol. The van der Waals surface area contributed by atoms with E-state index in [9.17, 15) is 13.6 Å². The van der Waals surface area contributed by atoms with Gasteiger partial charge in [-0.3, -0.25) is 9.78 Å². The lowest BCUT2D eigenvalue weighted by molar-refractivity contribution is -0.142. The Balaban J connectivity index is 2.47. The molecule has 1 aromatic heterocycles. The van der Waals surface area contributed by atoms with Crippen molar-refractivity contribution in [2.75, 3.05) is 7.11 Å². The van der Waals surface area contributed by atoms with Crippen LogP contribution in [0.1, 0.15) is 12.0 Å². The zero-order valence-electron chi connectivity index (χ0n) is 8.41. The lowest BCUT2D eigenvalue weighted by Gasteiger charge is -2.11. The first-order chi connectivity index (χ1) is 7.44. The predicted octanol–water partition coefficient (Wildman–Crippen LogP) is 1.45. The average molecular weight is 229 g/mol. The first kappa shape index (κ1) is 10.8. The Morgan fingerprint density at radius 1 is 1.56 bits per heavy atom. The predicted molar refractivity (Wildman–Crippen MR) is 49.7 cm³/mol. The molecule has 0 radical (unpaired) electrons. The molecule has 1 saturated carbocycles. The minimum Gasteiger partial charge on any atom is -0.495 e. The molecule has 0 aromatic carbocycles. The van der Waals surface area contributed by atoms with Gasteiger partial charge >= 0.3 is 5.97 Å². The molecule has 0 spiro atoms. The van der Waals surface area contributed by atoms with E-state index in [-0.39, 0.29) is 11.3 Å². The number of hydrogen-bond donors (Lipinski definition) is 1. The third kappa shape index (κ3) is 1.26. The highest BCUT2D eigenvalue weighted by atomic mass is 19.3. The second-order valence-corrected chi connectivity index (χ2v) is 3.71. The number of ether oxygens (including phenoxy) is 1. The highest BCUT2D eigenvalue weighted by Crippen LogP contribution is 2.61. The monoisotopic (exact) mass is 229 g/mol. The second-order valence-electron chi connectivity index (χ2n) is 3.71. The van der Waals surface area contributed by atoms with Crippen molar-refractivity contribution in [2.24, 2.45) is 0 Å². The molecule has 2 rings (SSSR count). The molecular formula is C10H9F2NO3. The molecule has 1 aromatic rings. The molecule has 16 heavy (non-hydrogen) atoms. The van der Waals surface area contributed by atoms with Crippen molar-refractivity contribution in [3.05, 3.63) is 24.0 Å². The van der Waals surface area contributed by atoms with Crippen LogP contribution in [0.4, 0.5) is 8.78 Å². The second kappa shape index (κ2) is 3.13. The van der Waals surface area contributed by atoms with Crippen molar-refractivity contribution in [2.45, 2.75) is 17.8 Å².